The average Bonchev–Trinajstić information content (AvgIpc) is 2.30. The second kappa shape index (κ2) is 5.77. The Kier molecular flexibility index (Phi) is 4.61. The summed E-state index contributed by atoms with van der Waals surface area (Å²) in [6.45, 7) is 4.40. The molecular weight excluding hydrogens is 323 g/mol. The van der Waals surface area contributed by atoms with Gasteiger partial charge >= 0.3 is 0 Å². The van der Waals surface area contributed by atoms with Crippen molar-refractivity contribution in [3.8, 4) is 0 Å². The molecule has 1 saturated heterocycles. The normalized spacial score (nSPS) is 22.7. The van der Waals surface area contributed by atoms with E-state index in [1.165, 1.54) is 12.3 Å². The Hall–Kier alpha value is -0.400. The SMILES string of the molecule is CC1(C)CC(NS(=O)(=O)c2cnc(Cl)c(Cl)c2)CCO1. The van der Waals surface area contributed by atoms with Crippen LogP contribution >= 0.6 is 23.2 Å². The van der Waals surface area contributed by atoms with E-state index in [1.807, 2.05) is 13.8 Å². The Bertz CT molecular complexity index is 605. The molecule has 1 aliphatic heterocycles. The molecule has 2 heterocycles. The second-order valence-electron chi connectivity index (χ2n) is 5.36. The van der Waals surface area contributed by atoms with Crippen molar-refractivity contribution in [2.24, 2.45) is 0 Å². The van der Waals surface area contributed by atoms with Crippen LogP contribution in [0.3, 0.4) is 0 Å². The van der Waals surface area contributed by atoms with Crippen LogP contribution in [0, 0.1) is 0 Å². The van der Waals surface area contributed by atoms with Crippen LogP contribution in [0.25, 0.3) is 0 Å². The van der Waals surface area contributed by atoms with Crippen LogP contribution < -0.4 is 4.72 Å². The number of ether oxygens (including phenoxy) is 1. The van der Waals surface area contributed by atoms with E-state index in [0.717, 1.165) is 0 Å². The Morgan fingerprint density at radius 3 is 2.75 bits per heavy atom. The fourth-order valence-electron chi connectivity index (χ4n) is 2.17. The Morgan fingerprint density at radius 2 is 2.15 bits per heavy atom. The first-order valence-electron chi connectivity index (χ1n) is 6.17. The van der Waals surface area contributed by atoms with Crippen molar-refractivity contribution in [3.05, 3.63) is 22.4 Å². The maximum absolute atomic E-state index is 12.3. The van der Waals surface area contributed by atoms with E-state index >= 15 is 0 Å². The van der Waals surface area contributed by atoms with Crippen molar-refractivity contribution in [1.29, 1.82) is 0 Å². The van der Waals surface area contributed by atoms with Gasteiger partial charge in [-0.3, -0.25) is 0 Å². The highest BCUT2D eigenvalue weighted by molar-refractivity contribution is 7.89. The summed E-state index contributed by atoms with van der Waals surface area (Å²) in [5.74, 6) is 0. The molecule has 1 atom stereocenters. The molecule has 0 bridgehead atoms. The predicted molar refractivity (Wildman–Crippen MR) is 77.6 cm³/mol. The summed E-state index contributed by atoms with van der Waals surface area (Å²) in [6.07, 6.45) is 2.44. The number of nitrogens with zero attached hydrogens (tertiary/aromatic N) is 1. The lowest BCUT2D eigenvalue weighted by atomic mass is 9.95. The summed E-state index contributed by atoms with van der Waals surface area (Å²) in [5, 5.41) is 0.194. The zero-order valence-electron chi connectivity index (χ0n) is 11.2. The zero-order valence-corrected chi connectivity index (χ0v) is 13.5. The molecule has 1 fully saturated rings. The van der Waals surface area contributed by atoms with Crippen LogP contribution in [-0.2, 0) is 14.8 Å². The quantitative estimate of drug-likeness (QED) is 0.860. The first kappa shape index (κ1) is 16.0. The minimum Gasteiger partial charge on any atom is -0.375 e. The summed E-state index contributed by atoms with van der Waals surface area (Å²) in [6, 6.07) is 1.13. The molecule has 0 aliphatic carbocycles. The van der Waals surface area contributed by atoms with Gasteiger partial charge in [0.25, 0.3) is 0 Å². The highest BCUT2D eigenvalue weighted by atomic mass is 35.5. The number of hydrogen-bond acceptors (Lipinski definition) is 4. The van der Waals surface area contributed by atoms with Crippen LogP contribution in [0.1, 0.15) is 26.7 Å². The molecule has 0 spiro atoms. The molecule has 8 heteroatoms. The fourth-order valence-corrected chi connectivity index (χ4v) is 3.75. The number of pyridine rings is 1. The lowest BCUT2D eigenvalue weighted by molar-refractivity contribution is -0.0599. The molecule has 0 radical (unpaired) electrons. The molecule has 0 amide bonds. The third-order valence-corrected chi connectivity index (χ3v) is 5.27. The van der Waals surface area contributed by atoms with Gasteiger partial charge in [-0.15, -0.1) is 0 Å². The van der Waals surface area contributed by atoms with Gasteiger partial charge in [0.05, 0.1) is 10.6 Å². The van der Waals surface area contributed by atoms with Gasteiger partial charge in [-0.05, 0) is 32.8 Å². The molecule has 1 aromatic heterocycles. The molecule has 5 nitrogen and oxygen atoms in total. The van der Waals surface area contributed by atoms with Crippen molar-refractivity contribution in [2.45, 2.75) is 43.2 Å². The molecule has 0 aromatic carbocycles. The average molecular weight is 339 g/mol. The molecular formula is C12H16Cl2N2O3S. The molecule has 20 heavy (non-hydrogen) atoms. The summed E-state index contributed by atoms with van der Waals surface area (Å²) in [7, 11) is -3.66. The third-order valence-electron chi connectivity index (χ3n) is 3.10. The van der Waals surface area contributed by atoms with Gasteiger partial charge in [-0.1, -0.05) is 23.2 Å². The Balaban J connectivity index is 2.16. The first-order chi connectivity index (χ1) is 9.20. The van der Waals surface area contributed by atoms with Gasteiger partial charge < -0.3 is 4.74 Å². The fraction of sp³-hybridized carbons (Fsp3) is 0.583. The van der Waals surface area contributed by atoms with E-state index in [9.17, 15) is 8.42 Å². The summed E-state index contributed by atoms with van der Waals surface area (Å²) >= 11 is 11.5. The monoisotopic (exact) mass is 338 g/mol. The molecule has 2 rings (SSSR count). The maximum Gasteiger partial charge on any atom is 0.242 e. The standard InChI is InChI=1S/C12H16Cl2N2O3S/c1-12(2)6-8(3-4-19-12)16-20(17,18)9-5-10(13)11(14)15-7-9/h5,7-8,16H,3-4,6H2,1-2H3. The third kappa shape index (κ3) is 3.83. The molecule has 0 saturated carbocycles. The number of hydrogen-bond donors (Lipinski definition) is 1. The Morgan fingerprint density at radius 1 is 1.45 bits per heavy atom. The van der Waals surface area contributed by atoms with Crippen molar-refractivity contribution < 1.29 is 13.2 Å². The number of halogens is 2. The van der Waals surface area contributed by atoms with E-state index < -0.39 is 10.0 Å². The van der Waals surface area contributed by atoms with Crippen LogP contribution in [0.5, 0.6) is 0 Å². The smallest absolute Gasteiger partial charge is 0.242 e. The molecule has 1 aliphatic rings. The van der Waals surface area contributed by atoms with E-state index in [-0.39, 0.29) is 26.7 Å². The van der Waals surface area contributed by atoms with Gasteiger partial charge in [-0.2, -0.15) is 0 Å². The number of sulfonamides is 1. The predicted octanol–water partition coefficient (Wildman–Crippen LogP) is 2.62. The minimum absolute atomic E-state index is 0.0104. The molecule has 1 unspecified atom stereocenters. The number of aromatic nitrogens is 1. The van der Waals surface area contributed by atoms with Crippen LogP contribution in [-0.4, -0.2) is 31.7 Å². The van der Waals surface area contributed by atoms with Crippen LogP contribution in [0.15, 0.2) is 17.2 Å². The Labute approximate surface area is 128 Å². The van der Waals surface area contributed by atoms with Gasteiger partial charge in [0, 0.05) is 18.8 Å². The second-order valence-corrected chi connectivity index (χ2v) is 7.84. The van der Waals surface area contributed by atoms with E-state index in [4.69, 9.17) is 27.9 Å². The summed E-state index contributed by atoms with van der Waals surface area (Å²) in [5.41, 5.74) is -0.332. The highest BCUT2D eigenvalue weighted by Crippen LogP contribution is 2.26. The van der Waals surface area contributed by atoms with Gasteiger partial charge in [0.15, 0.2) is 0 Å². The van der Waals surface area contributed by atoms with Crippen molar-refractivity contribution in [3.63, 3.8) is 0 Å². The number of nitrogens with one attached hydrogen (secondary N) is 1. The van der Waals surface area contributed by atoms with E-state index in [1.54, 1.807) is 0 Å². The van der Waals surface area contributed by atoms with Crippen molar-refractivity contribution in [1.82, 2.24) is 9.71 Å². The van der Waals surface area contributed by atoms with Crippen molar-refractivity contribution >= 4 is 33.2 Å². The topological polar surface area (TPSA) is 68.3 Å². The lowest BCUT2D eigenvalue weighted by Gasteiger charge is -2.35. The first-order valence-corrected chi connectivity index (χ1v) is 8.41. The number of rotatable bonds is 3. The maximum atomic E-state index is 12.3. The highest BCUT2D eigenvalue weighted by Gasteiger charge is 2.31. The molecule has 1 N–H and O–H groups in total. The van der Waals surface area contributed by atoms with E-state index in [2.05, 4.69) is 9.71 Å². The lowest BCUT2D eigenvalue weighted by Crippen LogP contribution is -2.45. The largest absolute Gasteiger partial charge is 0.375 e. The molecule has 1 aromatic rings. The van der Waals surface area contributed by atoms with Gasteiger partial charge in [-0.25, -0.2) is 18.1 Å². The van der Waals surface area contributed by atoms with Gasteiger partial charge in [0.2, 0.25) is 10.0 Å². The van der Waals surface area contributed by atoms with Crippen molar-refractivity contribution in [2.75, 3.05) is 6.61 Å². The van der Waals surface area contributed by atoms with Crippen LogP contribution in [0.2, 0.25) is 10.2 Å². The minimum atomic E-state index is -3.66. The zero-order chi connectivity index (χ0) is 15.0. The summed E-state index contributed by atoms with van der Waals surface area (Å²) in [4.78, 5) is 3.77. The van der Waals surface area contributed by atoms with E-state index in [0.29, 0.717) is 19.4 Å². The molecule has 112 valence electrons. The van der Waals surface area contributed by atoms with Gasteiger partial charge in [0.1, 0.15) is 10.0 Å². The summed E-state index contributed by atoms with van der Waals surface area (Å²) < 4.78 is 32.8. The van der Waals surface area contributed by atoms with Crippen LogP contribution in [0.4, 0.5) is 0 Å².